The van der Waals surface area contributed by atoms with Crippen LogP contribution in [0.3, 0.4) is 0 Å². The number of anilines is 1. The number of carbonyl (C=O) groups is 1. The molecule has 1 aliphatic carbocycles. The molecule has 0 bridgehead atoms. The van der Waals surface area contributed by atoms with E-state index in [1.807, 2.05) is 42.2 Å². The summed E-state index contributed by atoms with van der Waals surface area (Å²) in [5, 5.41) is 0. The molecule has 3 aromatic rings. The number of carbonyl (C=O) groups excluding carboxylic acids is 1. The summed E-state index contributed by atoms with van der Waals surface area (Å²) in [7, 11) is 0. The Morgan fingerprint density at radius 2 is 1.81 bits per heavy atom. The molecular formula is C21H22N4O2. The zero-order valence-corrected chi connectivity index (χ0v) is 15.3. The summed E-state index contributed by atoms with van der Waals surface area (Å²) in [5.74, 6) is 0.830. The second-order valence-electron chi connectivity index (χ2n) is 7.44. The first-order valence-electron chi connectivity index (χ1n) is 9.52. The van der Waals surface area contributed by atoms with Gasteiger partial charge in [-0.1, -0.05) is 30.3 Å². The van der Waals surface area contributed by atoms with Gasteiger partial charge in [-0.25, -0.2) is 4.98 Å². The van der Waals surface area contributed by atoms with Gasteiger partial charge < -0.3 is 14.2 Å². The van der Waals surface area contributed by atoms with Crippen molar-refractivity contribution < 1.29 is 9.21 Å². The van der Waals surface area contributed by atoms with Crippen LogP contribution in [0.2, 0.25) is 0 Å². The molecule has 27 heavy (non-hydrogen) atoms. The largest absolute Gasteiger partial charge is 0.422 e. The fourth-order valence-electron chi connectivity index (χ4n) is 3.93. The van der Waals surface area contributed by atoms with Crippen molar-refractivity contribution in [3.63, 3.8) is 0 Å². The van der Waals surface area contributed by atoms with Gasteiger partial charge in [-0.05, 0) is 37.0 Å². The van der Waals surface area contributed by atoms with Crippen molar-refractivity contribution in [1.82, 2.24) is 14.9 Å². The minimum absolute atomic E-state index is 0.149. The molecule has 0 radical (unpaired) electrons. The first-order valence-corrected chi connectivity index (χ1v) is 9.52. The second kappa shape index (κ2) is 6.37. The van der Waals surface area contributed by atoms with Crippen LogP contribution < -0.4 is 4.90 Å². The summed E-state index contributed by atoms with van der Waals surface area (Å²) in [6, 6.07) is 14.8. The number of oxazole rings is 1. The first kappa shape index (κ1) is 16.3. The molecule has 138 valence electrons. The van der Waals surface area contributed by atoms with Gasteiger partial charge in [-0.2, -0.15) is 4.98 Å². The normalized spacial score (nSPS) is 22.3. The summed E-state index contributed by atoms with van der Waals surface area (Å²) in [6.07, 6.45) is 0.971. The molecule has 2 atom stereocenters. The summed E-state index contributed by atoms with van der Waals surface area (Å²) >= 11 is 0. The topological polar surface area (TPSA) is 62.5 Å². The highest BCUT2D eigenvalue weighted by Gasteiger charge is 2.46. The van der Waals surface area contributed by atoms with Gasteiger partial charge in [-0.15, -0.1) is 0 Å². The maximum Gasteiger partial charge on any atom is 0.300 e. The smallest absolute Gasteiger partial charge is 0.300 e. The molecule has 2 unspecified atom stereocenters. The van der Waals surface area contributed by atoms with E-state index < -0.39 is 0 Å². The Balaban J connectivity index is 1.22. The molecule has 2 aliphatic rings. The third-order valence-electron chi connectivity index (χ3n) is 5.58. The number of pyridine rings is 1. The predicted octanol–water partition coefficient (Wildman–Crippen LogP) is 2.98. The Labute approximate surface area is 157 Å². The van der Waals surface area contributed by atoms with E-state index in [9.17, 15) is 4.79 Å². The number of aromatic nitrogens is 2. The minimum atomic E-state index is 0.149. The Kier molecular flexibility index (Phi) is 3.85. The van der Waals surface area contributed by atoms with Gasteiger partial charge in [0.15, 0.2) is 5.58 Å². The van der Waals surface area contributed by atoms with Gasteiger partial charge in [0, 0.05) is 37.8 Å². The summed E-state index contributed by atoms with van der Waals surface area (Å²) in [5.41, 5.74) is 3.56. The third-order valence-corrected chi connectivity index (χ3v) is 5.58. The van der Waals surface area contributed by atoms with Crippen LogP contribution >= 0.6 is 0 Å². The van der Waals surface area contributed by atoms with Gasteiger partial charge in [0.1, 0.15) is 0 Å². The highest BCUT2D eigenvalue weighted by Crippen LogP contribution is 2.48. The van der Waals surface area contributed by atoms with Crippen LogP contribution in [0, 0.1) is 12.8 Å². The second-order valence-corrected chi connectivity index (χ2v) is 7.44. The van der Waals surface area contributed by atoms with Crippen molar-refractivity contribution >= 4 is 23.2 Å². The van der Waals surface area contributed by atoms with Gasteiger partial charge in [0.25, 0.3) is 6.01 Å². The third kappa shape index (κ3) is 3.05. The number of hydrogen-bond acceptors (Lipinski definition) is 5. The number of hydrogen-bond donors (Lipinski definition) is 0. The molecule has 6 heteroatoms. The maximum atomic E-state index is 12.8. The van der Waals surface area contributed by atoms with Crippen LogP contribution in [0.4, 0.5) is 6.01 Å². The van der Waals surface area contributed by atoms with Crippen molar-refractivity contribution in [2.45, 2.75) is 19.3 Å². The van der Waals surface area contributed by atoms with Crippen LogP contribution in [0.5, 0.6) is 0 Å². The summed E-state index contributed by atoms with van der Waals surface area (Å²) in [4.78, 5) is 25.8. The molecule has 1 aromatic carbocycles. The van der Waals surface area contributed by atoms with Crippen LogP contribution in [0.1, 0.15) is 23.6 Å². The molecule has 1 aliphatic heterocycles. The van der Waals surface area contributed by atoms with Gasteiger partial charge in [0.05, 0.1) is 0 Å². The van der Waals surface area contributed by atoms with Crippen molar-refractivity contribution in [1.29, 1.82) is 0 Å². The molecule has 2 aromatic heterocycles. The molecule has 2 fully saturated rings. The molecule has 0 N–H and O–H groups in total. The van der Waals surface area contributed by atoms with E-state index in [0.717, 1.165) is 25.2 Å². The first-order chi connectivity index (χ1) is 13.2. The van der Waals surface area contributed by atoms with Crippen LogP contribution in [-0.4, -0.2) is 47.0 Å². The SMILES string of the molecule is Cc1ccc2oc(N3CCN(C(=O)C4CC4c4ccccc4)CC3)nc2n1. The molecule has 1 saturated heterocycles. The van der Waals surface area contributed by atoms with E-state index in [-0.39, 0.29) is 5.92 Å². The standard InChI is InChI=1S/C21H22N4O2/c1-14-7-8-18-19(22-14)23-21(27-18)25-11-9-24(10-12-25)20(26)17-13-16(17)15-5-3-2-4-6-15/h2-8,16-17H,9-13H2,1H3. The molecule has 6 nitrogen and oxygen atoms in total. The fourth-order valence-corrected chi connectivity index (χ4v) is 3.93. The van der Waals surface area contributed by atoms with Gasteiger partial charge in [-0.3, -0.25) is 4.79 Å². The zero-order valence-electron chi connectivity index (χ0n) is 15.3. The molecule has 5 rings (SSSR count). The van der Waals surface area contributed by atoms with E-state index >= 15 is 0 Å². The highest BCUT2D eigenvalue weighted by atomic mass is 16.4. The average Bonchev–Trinajstić information content (AvgIpc) is 3.40. The van der Waals surface area contributed by atoms with E-state index in [2.05, 4.69) is 27.0 Å². The van der Waals surface area contributed by atoms with Crippen molar-refractivity contribution in [3.05, 3.63) is 53.7 Å². The number of amides is 1. The number of aryl methyl sites for hydroxylation is 1. The van der Waals surface area contributed by atoms with Crippen LogP contribution in [-0.2, 0) is 4.79 Å². The number of rotatable bonds is 3. The molecular weight excluding hydrogens is 340 g/mol. The van der Waals surface area contributed by atoms with Crippen LogP contribution in [0.25, 0.3) is 11.2 Å². The average molecular weight is 362 g/mol. The molecule has 1 amide bonds. The van der Waals surface area contributed by atoms with Crippen LogP contribution in [0.15, 0.2) is 46.9 Å². The Morgan fingerprint density at radius 1 is 1.04 bits per heavy atom. The van der Waals surface area contributed by atoms with Gasteiger partial charge in [0.2, 0.25) is 11.6 Å². The maximum absolute atomic E-state index is 12.8. The molecule has 0 spiro atoms. The van der Waals surface area contributed by atoms with Crippen molar-refractivity contribution in [2.75, 3.05) is 31.1 Å². The lowest BCUT2D eigenvalue weighted by molar-refractivity contribution is -0.133. The van der Waals surface area contributed by atoms with E-state index in [0.29, 0.717) is 42.2 Å². The molecule has 1 saturated carbocycles. The minimum Gasteiger partial charge on any atom is -0.422 e. The van der Waals surface area contributed by atoms with Gasteiger partial charge >= 0.3 is 0 Å². The predicted molar refractivity (Wildman–Crippen MR) is 103 cm³/mol. The lowest BCUT2D eigenvalue weighted by atomic mass is 10.1. The summed E-state index contributed by atoms with van der Waals surface area (Å²) in [6.45, 7) is 4.84. The Morgan fingerprint density at radius 3 is 2.59 bits per heavy atom. The van der Waals surface area contributed by atoms with Crippen molar-refractivity contribution in [3.8, 4) is 0 Å². The quantitative estimate of drug-likeness (QED) is 0.717. The number of benzene rings is 1. The number of fused-ring (bicyclic) bond motifs is 1. The van der Waals surface area contributed by atoms with E-state index in [4.69, 9.17) is 4.42 Å². The number of nitrogens with zero attached hydrogens (tertiary/aromatic N) is 4. The summed E-state index contributed by atoms with van der Waals surface area (Å²) < 4.78 is 5.84. The van der Waals surface area contributed by atoms with E-state index in [1.54, 1.807) is 0 Å². The highest BCUT2D eigenvalue weighted by molar-refractivity contribution is 5.83. The Hall–Kier alpha value is -2.89. The zero-order chi connectivity index (χ0) is 18.4. The number of piperazine rings is 1. The fraction of sp³-hybridized carbons (Fsp3) is 0.381. The lowest BCUT2D eigenvalue weighted by Gasteiger charge is -2.34. The van der Waals surface area contributed by atoms with E-state index in [1.165, 1.54) is 5.56 Å². The lowest BCUT2D eigenvalue weighted by Crippen LogP contribution is -2.49. The monoisotopic (exact) mass is 362 g/mol. The Bertz CT molecular complexity index is 976. The molecule has 3 heterocycles. The van der Waals surface area contributed by atoms with Crippen molar-refractivity contribution in [2.24, 2.45) is 5.92 Å².